The number of hydrogen-bond acceptors (Lipinski definition) is 2. The van der Waals surface area contributed by atoms with Crippen molar-refractivity contribution in [2.75, 3.05) is 7.05 Å². The highest BCUT2D eigenvalue weighted by molar-refractivity contribution is 5.94. The van der Waals surface area contributed by atoms with Gasteiger partial charge in [0, 0.05) is 24.7 Å². The van der Waals surface area contributed by atoms with Crippen LogP contribution >= 0.6 is 0 Å². The van der Waals surface area contributed by atoms with Crippen LogP contribution in [0.5, 0.6) is 0 Å². The summed E-state index contributed by atoms with van der Waals surface area (Å²) < 4.78 is 0. The summed E-state index contributed by atoms with van der Waals surface area (Å²) in [7, 11) is 1.76. The molecule has 0 unspecified atom stereocenters. The fourth-order valence-electron chi connectivity index (χ4n) is 1.34. The molecule has 1 amide bonds. The van der Waals surface area contributed by atoms with Gasteiger partial charge in [0.25, 0.3) is 5.91 Å². The molecule has 4 heteroatoms. The van der Waals surface area contributed by atoms with E-state index in [0.29, 0.717) is 5.56 Å². The van der Waals surface area contributed by atoms with E-state index in [4.69, 9.17) is 5.11 Å². The number of hydrogen-bond donors (Lipinski definition) is 1. The monoisotopic (exact) mass is 247 g/mol. The Balaban J connectivity index is 2.83. The SMILES string of the molecule is CC(C)N(C)C(=O)c1ccc(C=CC(=O)O)cc1. The van der Waals surface area contributed by atoms with E-state index in [1.54, 1.807) is 36.2 Å². The molecule has 0 aliphatic heterocycles. The van der Waals surface area contributed by atoms with E-state index in [2.05, 4.69) is 0 Å². The molecule has 0 bridgehead atoms. The Labute approximate surface area is 107 Å². The number of aliphatic carboxylic acids is 1. The van der Waals surface area contributed by atoms with Gasteiger partial charge in [0.15, 0.2) is 0 Å². The minimum absolute atomic E-state index is 0.0428. The summed E-state index contributed by atoms with van der Waals surface area (Å²) in [5, 5.41) is 8.50. The van der Waals surface area contributed by atoms with E-state index < -0.39 is 5.97 Å². The fourth-order valence-corrected chi connectivity index (χ4v) is 1.34. The summed E-state index contributed by atoms with van der Waals surface area (Å²) in [6.45, 7) is 3.89. The first-order valence-corrected chi connectivity index (χ1v) is 5.70. The predicted molar refractivity (Wildman–Crippen MR) is 70.3 cm³/mol. The van der Waals surface area contributed by atoms with E-state index in [-0.39, 0.29) is 11.9 Å². The maximum Gasteiger partial charge on any atom is 0.328 e. The third kappa shape index (κ3) is 3.73. The maximum atomic E-state index is 12.0. The van der Waals surface area contributed by atoms with Crippen LogP contribution in [-0.2, 0) is 4.79 Å². The lowest BCUT2D eigenvalue weighted by Gasteiger charge is -2.21. The van der Waals surface area contributed by atoms with Crippen molar-refractivity contribution < 1.29 is 14.7 Å². The molecule has 0 aliphatic rings. The van der Waals surface area contributed by atoms with Crippen molar-refractivity contribution in [3.63, 3.8) is 0 Å². The lowest BCUT2D eigenvalue weighted by Crippen LogP contribution is -2.32. The lowest BCUT2D eigenvalue weighted by atomic mass is 10.1. The van der Waals surface area contributed by atoms with Gasteiger partial charge in [-0.1, -0.05) is 12.1 Å². The van der Waals surface area contributed by atoms with Crippen LogP contribution in [0.3, 0.4) is 0 Å². The molecule has 96 valence electrons. The molecule has 1 rings (SSSR count). The summed E-state index contributed by atoms with van der Waals surface area (Å²) in [5.74, 6) is -1.03. The molecule has 0 heterocycles. The first kappa shape index (κ1) is 14.0. The first-order valence-electron chi connectivity index (χ1n) is 5.70. The molecular formula is C14H17NO3. The number of carboxylic acids is 1. The fraction of sp³-hybridized carbons (Fsp3) is 0.286. The van der Waals surface area contributed by atoms with Crippen molar-refractivity contribution in [1.29, 1.82) is 0 Å². The molecule has 0 saturated carbocycles. The number of carboxylic acid groups (broad SMARTS) is 1. The Bertz CT molecular complexity index is 460. The molecule has 0 spiro atoms. The molecule has 18 heavy (non-hydrogen) atoms. The third-order valence-corrected chi connectivity index (χ3v) is 2.67. The first-order chi connectivity index (χ1) is 8.41. The number of carbonyl (C=O) groups is 2. The molecule has 0 atom stereocenters. The van der Waals surface area contributed by atoms with Crippen molar-refractivity contribution >= 4 is 18.0 Å². The summed E-state index contributed by atoms with van der Waals surface area (Å²) >= 11 is 0. The number of amides is 1. The van der Waals surface area contributed by atoms with Gasteiger partial charge in [-0.05, 0) is 37.6 Å². The third-order valence-electron chi connectivity index (χ3n) is 2.67. The van der Waals surface area contributed by atoms with Gasteiger partial charge in [0.05, 0.1) is 0 Å². The molecule has 1 aromatic carbocycles. The zero-order chi connectivity index (χ0) is 13.7. The smallest absolute Gasteiger partial charge is 0.328 e. The average Bonchev–Trinajstić information content (AvgIpc) is 2.35. The van der Waals surface area contributed by atoms with Crippen molar-refractivity contribution in [2.45, 2.75) is 19.9 Å². The van der Waals surface area contributed by atoms with Crippen LogP contribution in [0.2, 0.25) is 0 Å². The summed E-state index contributed by atoms with van der Waals surface area (Å²) in [5.41, 5.74) is 1.35. The summed E-state index contributed by atoms with van der Waals surface area (Å²) in [4.78, 5) is 24.0. The average molecular weight is 247 g/mol. The molecule has 0 radical (unpaired) electrons. The Kier molecular flexibility index (Phi) is 4.66. The van der Waals surface area contributed by atoms with Gasteiger partial charge in [-0.15, -0.1) is 0 Å². The van der Waals surface area contributed by atoms with Crippen LogP contribution in [0.1, 0.15) is 29.8 Å². The molecule has 0 fully saturated rings. The zero-order valence-electron chi connectivity index (χ0n) is 10.8. The van der Waals surface area contributed by atoms with Gasteiger partial charge in [0.2, 0.25) is 0 Å². The second-order valence-electron chi connectivity index (χ2n) is 4.30. The Morgan fingerprint density at radius 1 is 1.22 bits per heavy atom. The topological polar surface area (TPSA) is 57.6 Å². The predicted octanol–water partition coefficient (Wildman–Crippen LogP) is 2.26. The highest BCUT2D eigenvalue weighted by Crippen LogP contribution is 2.10. The number of rotatable bonds is 4. The van der Waals surface area contributed by atoms with Gasteiger partial charge in [-0.3, -0.25) is 4.79 Å². The van der Waals surface area contributed by atoms with Crippen LogP contribution in [-0.4, -0.2) is 35.0 Å². The molecule has 0 saturated heterocycles. The standard InChI is InChI=1S/C14H17NO3/c1-10(2)15(3)14(18)12-7-4-11(5-8-12)6-9-13(16)17/h4-10H,1-3H3,(H,16,17). The maximum absolute atomic E-state index is 12.0. The van der Waals surface area contributed by atoms with Crippen LogP contribution < -0.4 is 0 Å². The van der Waals surface area contributed by atoms with E-state index in [9.17, 15) is 9.59 Å². The lowest BCUT2D eigenvalue weighted by molar-refractivity contribution is -0.131. The van der Waals surface area contributed by atoms with Crippen LogP contribution in [0.15, 0.2) is 30.3 Å². The molecule has 1 N–H and O–H groups in total. The Hall–Kier alpha value is -2.10. The van der Waals surface area contributed by atoms with E-state index in [0.717, 1.165) is 11.6 Å². The number of benzene rings is 1. The second kappa shape index (κ2) is 6.00. The van der Waals surface area contributed by atoms with Gasteiger partial charge in [-0.2, -0.15) is 0 Å². The van der Waals surface area contributed by atoms with E-state index in [1.165, 1.54) is 6.08 Å². The van der Waals surface area contributed by atoms with Crippen molar-refractivity contribution in [3.05, 3.63) is 41.5 Å². The van der Waals surface area contributed by atoms with Crippen molar-refractivity contribution in [2.24, 2.45) is 0 Å². The number of nitrogens with zero attached hydrogens (tertiary/aromatic N) is 1. The zero-order valence-corrected chi connectivity index (χ0v) is 10.8. The molecule has 0 aromatic heterocycles. The molecule has 1 aromatic rings. The Morgan fingerprint density at radius 3 is 2.22 bits per heavy atom. The molecule has 4 nitrogen and oxygen atoms in total. The Morgan fingerprint density at radius 2 is 1.78 bits per heavy atom. The minimum atomic E-state index is -0.991. The van der Waals surface area contributed by atoms with E-state index in [1.807, 2.05) is 13.8 Å². The van der Waals surface area contributed by atoms with Crippen LogP contribution in [0, 0.1) is 0 Å². The summed E-state index contributed by atoms with van der Waals surface area (Å²) in [6.07, 6.45) is 2.56. The number of carbonyl (C=O) groups excluding carboxylic acids is 1. The van der Waals surface area contributed by atoms with Gasteiger partial charge in [-0.25, -0.2) is 4.79 Å². The van der Waals surface area contributed by atoms with Gasteiger partial charge in [0.1, 0.15) is 0 Å². The quantitative estimate of drug-likeness (QED) is 0.830. The van der Waals surface area contributed by atoms with Crippen LogP contribution in [0.4, 0.5) is 0 Å². The van der Waals surface area contributed by atoms with Crippen molar-refractivity contribution in [1.82, 2.24) is 4.90 Å². The van der Waals surface area contributed by atoms with Gasteiger partial charge >= 0.3 is 5.97 Å². The highest BCUT2D eigenvalue weighted by atomic mass is 16.4. The minimum Gasteiger partial charge on any atom is -0.478 e. The normalized spacial score (nSPS) is 10.9. The molecular weight excluding hydrogens is 230 g/mol. The second-order valence-corrected chi connectivity index (χ2v) is 4.30. The summed E-state index contributed by atoms with van der Waals surface area (Å²) in [6, 6.07) is 6.98. The van der Waals surface area contributed by atoms with Crippen molar-refractivity contribution in [3.8, 4) is 0 Å². The van der Waals surface area contributed by atoms with Crippen LogP contribution in [0.25, 0.3) is 6.08 Å². The highest BCUT2D eigenvalue weighted by Gasteiger charge is 2.13. The van der Waals surface area contributed by atoms with E-state index >= 15 is 0 Å². The van der Waals surface area contributed by atoms with Gasteiger partial charge < -0.3 is 10.0 Å². The molecule has 0 aliphatic carbocycles. The largest absolute Gasteiger partial charge is 0.478 e.